The lowest BCUT2D eigenvalue weighted by Crippen LogP contribution is -2.25. The largest absolute Gasteiger partial charge is 0.372 e. The summed E-state index contributed by atoms with van der Waals surface area (Å²) in [6.45, 7) is 2.01. The Kier molecular flexibility index (Phi) is 3.58. The van der Waals surface area contributed by atoms with Gasteiger partial charge in [0.25, 0.3) is 5.91 Å². The normalized spacial score (nSPS) is 13.7. The first kappa shape index (κ1) is 10.9. The van der Waals surface area contributed by atoms with Gasteiger partial charge in [-0.15, -0.1) is 0 Å². The van der Waals surface area contributed by atoms with Gasteiger partial charge in [0, 0.05) is 16.5 Å². The van der Waals surface area contributed by atoms with Crippen LogP contribution in [0.25, 0.3) is 0 Å². The van der Waals surface area contributed by atoms with Crippen molar-refractivity contribution in [1.82, 2.24) is 5.32 Å². The van der Waals surface area contributed by atoms with Crippen molar-refractivity contribution in [3.05, 3.63) is 34.9 Å². The van der Waals surface area contributed by atoms with Crippen LogP contribution in [0.3, 0.4) is 0 Å². The number of carbonyl (C=O) groups is 1. The molecule has 0 saturated heterocycles. The van der Waals surface area contributed by atoms with Crippen LogP contribution in [0.5, 0.6) is 0 Å². The minimum Gasteiger partial charge on any atom is -0.372 e. The number of rotatable bonds is 3. The molecule has 0 unspecified atom stereocenters. The van der Waals surface area contributed by atoms with Crippen LogP contribution in [0, 0.1) is 0 Å². The Bertz CT molecular complexity index is 379. The summed E-state index contributed by atoms with van der Waals surface area (Å²) < 4.78 is 6.23. The summed E-state index contributed by atoms with van der Waals surface area (Å²) in [6.07, 6.45) is 0. The number of benzene rings is 1. The SMILES string of the molecule is O=C(NCCI)c1ccc2c(c1)COC2. The predicted molar refractivity (Wildman–Crippen MR) is 66.2 cm³/mol. The van der Waals surface area contributed by atoms with Gasteiger partial charge in [0.15, 0.2) is 0 Å². The molecule has 15 heavy (non-hydrogen) atoms. The standard InChI is InChI=1S/C11H12INO2/c12-3-4-13-11(14)8-1-2-9-6-15-7-10(9)5-8/h1-2,5H,3-4,6-7H2,(H,13,14). The van der Waals surface area contributed by atoms with Crippen molar-refractivity contribution >= 4 is 28.5 Å². The highest BCUT2D eigenvalue weighted by atomic mass is 127. The second-order valence-electron chi connectivity index (χ2n) is 3.42. The quantitative estimate of drug-likeness (QED) is 0.683. The molecule has 0 saturated carbocycles. The van der Waals surface area contributed by atoms with Gasteiger partial charge in [-0.25, -0.2) is 0 Å². The van der Waals surface area contributed by atoms with Crippen LogP contribution in [0.1, 0.15) is 21.5 Å². The Morgan fingerprint density at radius 1 is 1.40 bits per heavy atom. The predicted octanol–water partition coefficient (Wildman–Crippen LogP) is 1.88. The molecular weight excluding hydrogens is 305 g/mol. The lowest BCUT2D eigenvalue weighted by molar-refractivity contribution is 0.0956. The highest BCUT2D eigenvalue weighted by Gasteiger charge is 2.13. The molecule has 0 atom stereocenters. The molecular formula is C11H12INO2. The number of fused-ring (bicyclic) bond motifs is 1. The maximum atomic E-state index is 11.6. The summed E-state index contributed by atoms with van der Waals surface area (Å²) in [5.41, 5.74) is 3.06. The monoisotopic (exact) mass is 317 g/mol. The first-order valence-electron chi connectivity index (χ1n) is 4.85. The number of carbonyl (C=O) groups excluding carboxylic acids is 1. The molecule has 0 aromatic heterocycles. The molecule has 0 radical (unpaired) electrons. The summed E-state index contributed by atoms with van der Waals surface area (Å²) >= 11 is 2.23. The van der Waals surface area contributed by atoms with Crippen LogP contribution in [-0.2, 0) is 18.0 Å². The summed E-state index contributed by atoms with van der Waals surface area (Å²) in [5, 5.41) is 2.85. The molecule has 2 rings (SSSR count). The smallest absolute Gasteiger partial charge is 0.251 e. The maximum Gasteiger partial charge on any atom is 0.251 e. The van der Waals surface area contributed by atoms with E-state index < -0.39 is 0 Å². The molecule has 0 aliphatic carbocycles. The average molecular weight is 317 g/mol. The number of amides is 1. The molecule has 1 aliphatic heterocycles. The average Bonchev–Trinajstić information content (AvgIpc) is 2.72. The molecule has 1 aromatic rings. The highest BCUT2D eigenvalue weighted by Crippen LogP contribution is 2.20. The van der Waals surface area contributed by atoms with E-state index in [4.69, 9.17) is 4.74 Å². The fourth-order valence-electron chi connectivity index (χ4n) is 1.58. The molecule has 80 valence electrons. The number of hydrogen-bond donors (Lipinski definition) is 1. The van der Waals surface area contributed by atoms with Crippen molar-refractivity contribution in [2.24, 2.45) is 0 Å². The van der Waals surface area contributed by atoms with E-state index in [-0.39, 0.29) is 5.91 Å². The van der Waals surface area contributed by atoms with Crippen LogP contribution in [0.4, 0.5) is 0 Å². The fourth-order valence-corrected chi connectivity index (χ4v) is 1.85. The van der Waals surface area contributed by atoms with E-state index in [1.165, 1.54) is 5.56 Å². The van der Waals surface area contributed by atoms with Crippen LogP contribution < -0.4 is 5.32 Å². The van der Waals surface area contributed by atoms with Crippen molar-refractivity contribution in [1.29, 1.82) is 0 Å². The van der Waals surface area contributed by atoms with Crippen LogP contribution in [0.2, 0.25) is 0 Å². The minimum atomic E-state index is 0.00126. The van der Waals surface area contributed by atoms with E-state index in [1.54, 1.807) is 0 Å². The number of hydrogen-bond acceptors (Lipinski definition) is 2. The van der Waals surface area contributed by atoms with Gasteiger partial charge in [-0.3, -0.25) is 4.79 Å². The van der Waals surface area contributed by atoms with Gasteiger partial charge in [-0.1, -0.05) is 28.7 Å². The Labute approximate surface area is 102 Å². The number of halogens is 1. The molecule has 4 heteroatoms. The summed E-state index contributed by atoms with van der Waals surface area (Å²) in [5.74, 6) is 0.00126. The molecule has 0 fully saturated rings. The van der Waals surface area contributed by atoms with Crippen molar-refractivity contribution in [2.45, 2.75) is 13.2 Å². The lowest BCUT2D eigenvalue weighted by Gasteiger charge is -2.04. The van der Waals surface area contributed by atoms with Gasteiger partial charge in [0.1, 0.15) is 0 Å². The maximum absolute atomic E-state index is 11.6. The Morgan fingerprint density at radius 2 is 2.20 bits per heavy atom. The van der Waals surface area contributed by atoms with Crippen molar-refractivity contribution in [3.8, 4) is 0 Å². The van der Waals surface area contributed by atoms with Crippen LogP contribution in [0.15, 0.2) is 18.2 Å². The van der Waals surface area contributed by atoms with Gasteiger partial charge in [0.05, 0.1) is 13.2 Å². The Balaban J connectivity index is 2.12. The van der Waals surface area contributed by atoms with Gasteiger partial charge < -0.3 is 10.1 Å². The van der Waals surface area contributed by atoms with E-state index in [0.717, 1.165) is 15.6 Å². The van der Waals surface area contributed by atoms with Crippen LogP contribution in [-0.4, -0.2) is 16.9 Å². The highest BCUT2D eigenvalue weighted by molar-refractivity contribution is 14.1. The zero-order valence-corrected chi connectivity index (χ0v) is 10.4. The third kappa shape index (κ3) is 2.49. The number of alkyl halides is 1. The second kappa shape index (κ2) is 4.94. The van der Waals surface area contributed by atoms with Gasteiger partial charge >= 0.3 is 0 Å². The third-order valence-corrected chi connectivity index (χ3v) is 2.90. The Hall–Kier alpha value is -0.620. The van der Waals surface area contributed by atoms with E-state index >= 15 is 0 Å². The second-order valence-corrected chi connectivity index (χ2v) is 4.50. The van der Waals surface area contributed by atoms with Gasteiger partial charge in [0.2, 0.25) is 0 Å². The molecule has 1 aliphatic rings. The fraction of sp³-hybridized carbons (Fsp3) is 0.364. The molecule has 1 N–H and O–H groups in total. The molecule has 3 nitrogen and oxygen atoms in total. The molecule has 1 amide bonds. The van der Waals surface area contributed by atoms with Crippen molar-refractivity contribution in [2.75, 3.05) is 11.0 Å². The molecule has 0 spiro atoms. The third-order valence-electron chi connectivity index (χ3n) is 2.36. The zero-order chi connectivity index (χ0) is 10.7. The zero-order valence-electron chi connectivity index (χ0n) is 8.25. The Morgan fingerprint density at radius 3 is 3.00 bits per heavy atom. The van der Waals surface area contributed by atoms with E-state index in [2.05, 4.69) is 27.9 Å². The number of ether oxygens (including phenoxy) is 1. The van der Waals surface area contributed by atoms with E-state index in [9.17, 15) is 4.79 Å². The summed E-state index contributed by atoms with van der Waals surface area (Å²) in [4.78, 5) is 11.6. The molecule has 0 bridgehead atoms. The van der Waals surface area contributed by atoms with Crippen molar-refractivity contribution < 1.29 is 9.53 Å². The topological polar surface area (TPSA) is 38.3 Å². The first-order chi connectivity index (χ1) is 7.31. The minimum absolute atomic E-state index is 0.00126. The van der Waals surface area contributed by atoms with E-state index in [0.29, 0.717) is 19.8 Å². The van der Waals surface area contributed by atoms with E-state index in [1.807, 2.05) is 18.2 Å². The summed E-state index contributed by atoms with van der Waals surface area (Å²) in [7, 11) is 0. The lowest BCUT2D eigenvalue weighted by atomic mass is 10.1. The van der Waals surface area contributed by atoms with Gasteiger partial charge in [-0.2, -0.15) is 0 Å². The van der Waals surface area contributed by atoms with Crippen LogP contribution >= 0.6 is 22.6 Å². The summed E-state index contributed by atoms with van der Waals surface area (Å²) in [6, 6.07) is 5.75. The van der Waals surface area contributed by atoms with Crippen molar-refractivity contribution in [3.63, 3.8) is 0 Å². The molecule has 1 heterocycles. The number of nitrogens with one attached hydrogen (secondary N) is 1. The molecule has 1 aromatic carbocycles. The first-order valence-corrected chi connectivity index (χ1v) is 6.37. The van der Waals surface area contributed by atoms with Gasteiger partial charge in [-0.05, 0) is 23.3 Å².